The first-order valence-electron chi connectivity index (χ1n) is 6.27. The summed E-state index contributed by atoms with van der Waals surface area (Å²) < 4.78 is 5.84. The van der Waals surface area contributed by atoms with Gasteiger partial charge in [-0.3, -0.25) is 0 Å². The standard InChI is InChI=1S/C16H16N2O/c1-2-15(18)14-5-3-4-6-16(14)19-13-9-7-12(11-17)8-10-13/h3-10,15H,2,18H2,1H3. The van der Waals surface area contributed by atoms with Crippen LogP contribution in [-0.2, 0) is 0 Å². The van der Waals surface area contributed by atoms with Crippen LogP contribution in [-0.4, -0.2) is 0 Å². The summed E-state index contributed by atoms with van der Waals surface area (Å²) in [7, 11) is 0. The van der Waals surface area contributed by atoms with E-state index in [0.717, 1.165) is 17.7 Å². The van der Waals surface area contributed by atoms with E-state index in [1.54, 1.807) is 24.3 Å². The van der Waals surface area contributed by atoms with Gasteiger partial charge in [-0.15, -0.1) is 0 Å². The van der Waals surface area contributed by atoms with Crippen LogP contribution in [0.1, 0.15) is 30.5 Å². The second kappa shape index (κ2) is 6.03. The van der Waals surface area contributed by atoms with Gasteiger partial charge in [0.05, 0.1) is 11.6 Å². The first-order valence-corrected chi connectivity index (χ1v) is 6.27. The Kier molecular flexibility index (Phi) is 4.17. The highest BCUT2D eigenvalue weighted by Crippen LogP contribution is 2.29. The lowest BCUT2D eigenvalue weighted by Crippen LogP contribution is -2.09. The third kappa shape index (κ3) is 3.12. The van der Waals surface area contributed by atoms with Gasteiger partial charge in [-0.1, -0.05) is 25.1 Å². The fraction of sp³-hybridized carbons (Fsp3) is 0.188. The highest BCUT2D eigenvalue weighted by molar-refractivity contribution is 5.41. The van der Waals surface area contributed by atoms with E-state index < -0.39 is 0 Å². The second-order valence-electron chi connectivity index (χ2n) is 4.29. The van der Waals surface area contributed by atoms with Crippen molar-refractivity contribution < 1.29 is 4.74 Å². The van der Waals surface area contributed by atoms with Gasteiger partial charge in [0.1, 0.15) is 11.5 Å². The third-order valence-electron chi connectivity index (χ3n) is 2.97. The van der Waals surface area contributed by atoms with E-state index in [-0.39, 0.29) is 6.04 Å². The van der Waals surface area contributed by atoms with Crippen LogP contribution in [0.2, 0.25) is 0 Å². The Balaban J connectivity index is 2.25. The SMILES string of the molecule is CCC(N)c1ccccc1Oc1ccc(C#N)cc1. The predicted molar refractivity (Wildman–Crippen MR) is 74.9 cm³/mol. The average molecular weight is 252 g/mol. The zero-order valence-electron chi connectivity index (χ0n) is 10.8. The van der Waals surface area contributed by atoms with Crippen molar-refractivity contribution in [3.8, 4) is 17.6 Å². The molecule has 2 aromatic rings. The minimum absolute atomic E-state index is 0.0328. The summed E-state index contributed by atoms with van der Waals surface area (Å²) in [6.07, 6.45) is 0.855. The zero-order chi connectivity index (χ0) is 13.7. The third-order valence-corrected chi connectivity index (χ3v) is 2.97. The molecule has 0 aliphatic rings. The molecular weight excluding hydrogens is 236 g/mol. The molecule has 0 aliphatic carbocycles. The highest BCUT2D eigenvalue weighted by Gasteiger charge is 2.10. The molecule has 3 nitrogen and oxygen atoms in total. The van der Waals surface area contributed by atoms with Crippen LogP contribution >= 0.6 is 0 Å². The van der Waals surface area contributed by atoms with Gasteiger partial charge in [0, 0.05) is 11.6 Å². The molecule has 0 amide bonds. The first-order chi connectivity index (χ1) is 9.24. The molecule has 2 aromatic carbocycles. The summed E-state index contributed by atoms with van der Waals surface area (Å²) in [6, 6.07) is 16.8. The summed E-state index contributed by atoms with van der Waals surface area (Å²) in [5, 5.41) is 8.76. The van der Waals surface area contributed by atoms with Gasteiger partial charge in [0.15, 0.2) is 0 Å². The molecule has 0 bridgehead atoms. The number of nitriles is 1. The molecule has 0 heterocycles. The summed E-state index contributed by atoms with van der Waals surface area (Å²) in [6.45, 7) is 2.04. The van der Waals surface area contributed by atoms with Gasteiger partial charge in [0.2, 0.25) is 0 Å². The Morgan fingerprint density at radius 3 is 2.47 bits per heavy atom. The molecule has 19 heavy (non-hydrogen) atoms. The van der Waals surface area contributed by atoms with Crippen LogP contribution in [0.3, 0.4) is 0 Å². The number of nitrogens with zero attached hydrogens (tertiary/aromatic N) is 1. The highest BCUT2D eigenvalue weighted by atomic mass is 16.5. The lowest BCUT2D eigenvalue weighted by atomic mass is 10.0. The molecule has 0 spiro atoms. The molecule has 2 N–H and O–H groups in total. The summed E-state index contributed by atoms with van der Waals surface area (Å²) in [5.41, 5.74) is 7.68. The molecule has 1 atom stereocenters. The maximum atomic E-state index is 8.76. The molecule has 0 aliphatic heterocycles. The van der Waals surface area contributed by atoms with Gasteiger partial charge in [-0.05, 0) is 36.8 Å². The number of hydrogen-bond acceptors (Lipinski definition) is 3. The van der Waals surface area contributed by atoms with Crippen molar-refractivity contribution in [2.75, 3.05) is 0 Å². The van der Waals surface area contributed by atoms with E-state index in [0.29, 0.717) is 11.3 Å². The van der Waals surface area contributed by atoms with E-state index in [2.05, 4.69) is 6.07 Å². The van der Waals surface area contributed by atoms with E-state index in [1.165, 1.54) is 0 Å². The van der Waals surface area contributed by atoms with Crippen molar-refractivity contribution in [1.82, 2.24) is 0 Å². The number of rotatable bonds is 4. The van der Waals surface area contributed by atoms with Gasteiger partial charge in [-0.2, -0.15) is 5.26 Å². The van der Waals surface area contributed by atoms with E-state index >= 15 is 0 Å². The van der Waals surface area contributed by atoms with Crippen molar-refractivity contribution in [3.63, 3.8) is 0 Å². The van der Waals surface area contributed by atoms with Crippen molar-refractivity contribution in [2.24, 2.45) is 5.73 Å². The smallest absolute Gasteiger partial charge is 0.132 e. The molecule has 96 valence electrons. The van der Waals surface area contributed by atoms with Crippen LogP contribution in [0.25, 0.3) is 0 Å². The van der Waals surface area contributed by atoms with Crippen molar-refractivity contribution in [1.29, 1.82) is 5.26 Å². The Morgan fingerprint density at radius 2 is 1.84 bits per heavy atom. The van der Waals surface area contributed by atoms with Crippen LogP contribution in [0.15, 0.2) is 48.5 Å². The van der Waals surface area contributed by atoms with Gasteiger partial charge >= 0.3 is 0 Å². The largest absolute Gasteiger partial charge is 0.457 e. The Labute approximate surface area is 113 Å². The molecule has 3 heteroatoms. The molecular formula is C16H16N2O. The second-order valence-corrected chi connectivity index (χ2v) is 4.29. The molecule has 0 saturated carbocycles. The van der Waals surface area contributed by atoms with Crippen molar-refractivity contribution in [3.05, 3.63) is 59.7 Å². The number of hydrogen-bond donors (Lipinski definition) is 1. The lowest BCUT2D eigenvalue weighted by molar-refractivity contribution is 0.468. The Bertz CT molecular complexity index is 584. The quantitative estimate of drug-likeness (QED) is 0.901. The lowest BCUT2D eigenvalue weighted by Gasteiger charge is -2.15. The monoisotopic (exact) mass is 252 g/mol. The number of benzene rings is 2. The molecule has 1 unspecified atom stereocenters. The fourth-order valence-corrected chi connectivity index (χ4v) is 1.82. The summed E-state index contributed by atoms with van der Waals surface area (Å²) >= 11 is 0. The Morgan fingerprint density at radius 1 is 1.16 bits per heavy atom. The zero-order valence-corrected chi connectivity index (χ0v) is 10.8. The maximum absolute atomic E-state index is 8.76. The van der Waals surface area contributed by atoms with Crippen molar-refractivity contribution >= 4 is 0 Å². The van der Waals surface area contributed by atoms with Gasteiger partial charge in [0.25, 0.3) is 0 Å². The topological polar surface area (TPSA) is 59.0 Å². The number of nitrogens with two attached hydrogens (primary N) is 1. The molecule has 0 radical (unpaired) electrons. The van der Waals surface area contributed by atoms with Gasteiger partial charge in [-0.25, -0.2) is 0 Å². The van der Waals surface area contributed by atoms with E-state index in [9.17, 15) is 0 Å². The predicted octanol–water partition coefficient (Wildman–Crippen LogP) is 3.76. The number of ether oxygens (including phenoxy) is 1. The number of para-hydroxylation sites is 1. The molecule has 0 saturated heterocycles. The normalized spacial score (nSPS) is 11.6. The molecule has 2 rings (SSSR count). The van der Waals surface area contributed by atoms with E-state index in [4.69, 9.17) is 15.7 Å². The average Bonchev–Trinajstić information content (AvgIpc) is 2.48. The minimum Gasteiger partial charge on any atom is -0.457 e. The van der Waals surface area contributed by atoms with Crippen LogP contribution in [0.5, 0.6) is 11.5 Å². The summed E-state index contributed by atoms with van der Waals surface area (Å²) in [5.74, 6) is 1.47. The summed E-state index contributed by atoms with van der Waals surface area (Å²) in [4.78, 5) is 0. The molecule has 0 fully saturated rings. The van der Waals surface area contributed by atoms with Crippen molar-refractivity contribution in [2.45, 2.75) is 19.4 Å². The fourth-order valence-electron chi connectivity index (χ4n) is 1.82. The minimum atomic E-state index is -0.0328. The van der Waals surface area contributed by atoms with E-state index in [1.807, 2.05) is 31.2 Å². The maximum Gasteiger partial charge on any atom is 0.132 e. The Hall–Kier alpha value is -2.31. The first kappa shape index (κ1) is 13.1. The van der Waals surface area contributed by atoms with Gasteiger partial charge < -0.3 is 10.5 Å². The molecule has 0 aromatic heterocycles. The van der Waals surface area contributed by atoms with Crippen LogP contribution in [0.4, 0.5) is 0 Å². The van der Waals surface area contributed by atoms with Crippen LogP contribution in [0, 0.1) is 11.3 Å². The van der Waals surface area contributed by atoms with Crippen LogP contribution < -0.4 is 10.5 Å².